The second-order valence-corrected chi connectivity index (χ2v) is 6.33. The number of hydrogen-bond acceptors (Lipinski definition) is 6. The van der Waals surface area contributed by atoms with E-state index in [-0.39, 0.29) is 13.2 Å². The van der Waals surface area contributed by atoms with Gasteiger partial charge in [0.05, 0.1) is 26.4 Å². The van der Waals surface area contributed by atoms with Gasteiger partial charge in [-0.3, -0.25) is 0 Å². The summed E-state index contributed by atoms with van der Waals surface area (Å²) in [6, 6.07) is 11.1. The van der Waals surface area contributed by atoms with Gasteiger partial charge in [-0.05, 0) is 41.2 Å². The van der Waals surface area contributed by atoms with Crippen molar-refractivity contribution in [3.8, 4) is 0 Å². The Bertz CT molecular complexity index is 692. The largest absolute Gasteiger partial charge is 0.392 e. The number of rotatable bonds is 2. The second kappa shape index (κ2) is 14.2. The van der Waals surface area contributed by atoms with Gasteiger partial charge in [-0.2, -0.15) is 0 Å². The molecule has 0 fully saturated rings. The lowest BCUT2D eigenvalue weighted by Crippen LogP contribution is -2.15. The van der Waals surface area contributed by atoms with Crippen molar-refractivity contribution in [2.75, 3.05) is 13.2 Å². The van der Waals surface area contributed by atoms with Crippen molar-refractivity contribution in [2.24, 2.45) is 0 Å². The normalized spacial score (nSPS) is 18.8. The quantitative estimate of drug-likeness (QED) is 0.593. The van der Waals surface area contributed by atoms with Crippen molar-refractivity contribution in [1.29, 1.82) is 0 Å². The SMILES string of the molecule is CC.CC.OCc1cc(CO)c2cc1C(O)OCCc1cccc(c1)CCOC2O. The lowest BCUT2D eigenvalue weighted by atomic mass is 9.97. The van der Waals surface area contributed by atoms with Crippen LogP contribution in [0.25, 0.3) is 0 Å². The van der Waals surface area contributed by atoms with Crippen LogP contribution in [0.5, 0.6) is 0 Å². The van der Waals surface area contributed by atoms with Gasteiger partial charge in [0.15, 0.2) is 12.6 Å². The molecule has 3 rings (SSSR count). The predicted molar refractivity (Wildman–Crippen MR) is 117 cm³/mol. The average Bonchev–Trinajstić information content (AvgIpc) is 2.80. The van der Waals surface area contributed by atoms with Crippen LogP contribution in [0.4, 0.5) is 0 Å². The number of aliphatic hydroxyl groups is 4. The van der Waals surface area contributed by atoms with Crippen molar-refractivity contribution >= 4 is 0 Å². The minimum Gasteiger partial charge on any atom is -0.392 e. The molecule has 0 aliphatic carbocycles. The van der Waals surface area contributed by atoms with Crippen LogP contribution >= 0.6 is 0 Å². The van der Waals surface area contributed by atoms with E-state index in [1.54, 1.807) is 6.07 Å². The van der Waals surface area contributed by atoms with Gasteiger partial charge in [0.25, 0.3) is 0 Å². The fraction of sp³-hybridized carbons (Fsp3) is 0.500. The lowest BCUT2D eigenvalue weighted by molar-refractivity contribution is -0.107. The third-order valence-electron chi connectivity index (χ3n) is 4.60. The maximum Gasteiger partial charge on any atom is 0.181 e. The van der Waals surface area contributed by atoms with Gasteiger partial charge in [-0.15, -0.1) is 0 Å². The van der Waals surface area contributed by atoms with Crippen molar-refractivity contribution < 1.29 is 29.9 Å². The summed E-state index contributed by atoms with van der Waals surface area (Å²) in [5, 5.41) is 40.0. The summed E-state index contributed by atoms with van der Waals surface area (Å²) in [5.41, 5.74) is 3.76. The highest BCUT2D eigenvalue weighted by molar-refractivity contribution is 5.39. The molecule has 1 heterocycles. The molecule has 2 aromatic rings. The zero-order valence-corrected chi connectivity index (χ0v) is 18.5. The van der Waals surface area contributed by atoms with Gasteiger partial charge in [0, 0.05) is 11.1 Å². The second-order valence-electron chi connectivity index (χ2n) is 6.33. The molecule has 0 saturated heterocycles. The van der Waals surface area contributed by atoms with Crippen molar-refractivity contribution in [2.45, 2.75) is 66.3 Å². The predicted octanol–water partition coefficient (Wildman–Crippen LogP) is 3.54. The highest BCUT2D eigenvalue weighted by Gasteiger charge is 2.21. The molecule has 6 nitrogen and oxygen atoms in total. The standard InChI is InChI=1S/C20H24O6.2C2H6/c21-11-15-9-16(12-22)18-10-17(15)19(23)25-6-4-13-2-1-3-14(8-13)5-7-26-20(18)24;2*1-2/h1-3,8-10,19-24H,4-7,11-12H2;2*1-2H3. The minimum absolute atomic E-state index is 0.311. The molecule has 2 atom stereocenters. The van der Waals surface area contributed by atoms with E-state index >= 15 is 0 Å². The first-order valence-electron chi connectivity index (χ1n) is 10.7. The van der Waals surface area contributed by atoms with Crippen LogP contribution in [0.2, 0.25) is 0 Å². The Hall–Kier alpha value is -1.80. The van der Waals surface area contributed by atoms with E-state index in [0.717, 1.165) is 11.1 Å². The first-order chi connectivity index (χ1) is 14.6. The Kier molecular flexibility index (Phi) is 12.5. The Morgan fingerprint density at radius 1 is 0.733 bits per heavy atom. The lowest BCUT2D eigenvalue weighted by Gasteiger charge is -2.22. The van der Waals surface area contributed by atoms with E-state index in [2.05, 4.69) is 6.07 Å². The maximum absolute atomic E-state index is 10.4. The highest BCUT2D eigenvalue weighted by Crippen LogP contribution is 2.29. The third-order valence-corrected chi connectivity index (χ3v) is 4.60. The van der Waals surface area contributed by atoms with Gasteiger partial charge in [0.1, 0.15) is 0 Å². The molecule has 1 aliphatic rings. The van der Waals surface area contributed by atoms with E-state index in [4.69, 9.17) is 9.47 Å². The van der Waals surface area contributed by atoms with Crippen LogP contribution in [-0.2, 0) is 35.5 Å². The summed E-state index contributed by atoms with van der Waals surface area (Å²) >= 11 is 0. The summed E-state index contributed by atoms with van der Waals surface area (Å²) in [6.07, 6.45) is -1.21. The van der Waals surface area contributed by atoms with Crippen molar-refractivity contribution in [3.63, 3.8) is 0 Å². The summed E-state index contributed by atoms with van der Waals surface area (Å²) in [6.45, 7) is 7.99. The molecule has 6 heteroatoms. The Morgan fingerprint density at radius 3 is 1.57 bits per heavy atom. The number of aliphatic hydroxyl groups excluding tert-OH is 4. The van der Waals surface area contributed by atoms with Crippen LogP contribution in [0.3, 0.4) is 0 Å². The van der Waals surface area contributed by atoms with Crippen LogP contribution in [0.15, 0.2) is 36.4 Å². The van der Waals surface area contributed by atoms with Gasteiger partial charge in [0.2, 0.25) is 0 Å². The average molecular weight is 421 g/mol. The topological polar surface area (TPSA) is 99.4 Å². The molecule has 168 valence electrons. The first-order valence-corrected chi connectivity index (χ1v) is 10.7. The van der Waals surface area contributed by atoms with Gasteiger partial charge in [-0.1, -0.05) is 58.0 Å². The fourth-order valence-electron chi connectivity index (χ4n) is 3.16. The molecule has 30 heavy (non-hydrogen) atoms. The molecule has 1 aliphatic heterocycles. The molecular formula is C24H36O6. The van der Waals surface area contributed by atoms with Crippen molar-refractivity contribution in [3.05, 3.63) is 69.8 Å². The first kappa shape index (κ1) is 26.2. The van der Waals surface area contributed by atoms with Gasteiger partial charge >= 0.3 is 0 Å². The van der Waals surface area contributed by atoms with Crippen molar-refractivity contribution in [1.82, 2.24) is 0 Å². The molecule has 2 unspecified atom stereocenters. The number of benzene rings is 2. The molecule has 4 bridgehead atoms. The summed E-state index contributed by atoms with van der Waals surface area (Å²) < 4.78 is 11.1. The van der Waals surface area contributed by atoms with E-state index < -0.39 is 12.6 Å². The van der Waals surface area contributed by atoms with Crippen LogP contribution in [0, 0.1) is 0 Å². The van der Waals surface area contributed by atoms with Crippen LogP contribution in [-0.4, -0.2) is 33.6 Å². The summed E-state index contributed by atoms with van der Waals surface area (Å²) in [5.74, 6) is 0. The zero-order valence-electron chi connectivity index (χ0n) is 18.5. The van der Waals surface area contributed by atoms with E-state index in [9.17, 15) is 20.4 Å². The number of hydrogen-bond donors (Lipinski definition) is 4. The summed E-state index contributed by atoms with van der Waals surface area (Å²) in [4.78, 5) is 0. The van der Waals surface area contributed by atoms with Gasteiger partial charge < -0.3 is 29.9 Å². The molecule has 0 amide bonds. The molecule has 0 radical (unpaired) electrons. The molecule has 0 aromatic heterocycles. The van der Waals surface area contributed by atoms with E-state index in [1.807, 2.05) is 45.9 Å². The van der Waals surface area contributed by atoms with Gasteiger partial charge in [-0.25, -0.2) is 0 Å². The Labute approximate surface area is 179 Å². The molecule has 0 spiro atoms. The number of ether oxygens (including phenoxy) is 2. The monoisotopic (exact) mass is 420 g/mol. The third kappa shape index (κ3) is 7.16. The van der Waals surface area contributed by atoms with Crippen LogP contribution in [0.1, 0.15) is 73.7 Å². The highest BCUT2D eigenvalue weighted by atomic mass is 16.6. The van der Waals surface area contributed by atoms with E-state index in [0.29, 0.717) is 48.3 Å². The molecule has 4 N–H and O–H groups in total. The molecule has 0 saturated carbocycles. The fourth-order valence-corrected chi connectivity index (χ4v) is 3.16. The summed E-state index contributed by atoms with van der Waals surface area (Å²) in [7, 11) is 0. The molecular weight excluding hydrogens is 384 g/mol. The number of fused-ring (bicyclic) bond motifs is 4. The smallest absolute Gasteiger partial charge is 0.181 e. The Morgan fingerprint density at radius 2 is 1.17 bits per heavy atom. The van der Waals surface area contributed by atoms with E-state index in [1.165, 1.54) is 6.07 Å². The van der Waals surface area contributed by atoms with Crippen LogP contribution < -0.4 is 0 Å². The zero-order chi connectivity index (χ0) is 22.5. The maximum atomic E-state index is 10.4. The Balaban J connectivity index is 0.00000106. The molecule has 2 aromatic carbocycles. The minimum atomic E-state index is -1.25.